The summed E-state index contributed by atoms with van der Waals surface area (Å²) in [7, 11) is 0. The molecule has 148 valence electrons. The molecule has 1 amide bonds. The second kappa shape index (κ2) is 8.22. The van der Waals surface area contributed by atoms with E-state index in [2.05, 4.69) is 0 Å². The minimum atomic E-state index is -0.754. The van der Waals surface area contributed by atoms with Gasteiger partial charge in [0, 0.05) is 30.8 Å². The molecule has 2 atom stereocenters. The van der Waals surface area contributed by atoms with Crippen molar-refractivity contribution in [2.24, 2.45) is 0 Å². The first-order valence-electron chi connectivity index (χ1n) is 8.78. The summed E-state index contributed by atoms with van der Waals surface area (Å²) < 4.78 is 16.1. The third-order valence-electron chi connectivity index (χ3n) is 4.27. The van der Waals surface area contributed by atoms with Gasteiger partial charge in [-0.05, 0) is 38.1 Å². The number of carbonyl (C=O) groups excluding carboxylic acids is 2. The first kappa shape index (κ1) is 19.6. The number of nitro groups is 1. The summed E-state index contributed by atoms with van der Waals surface area (Å²) in [4.78, 5) is 36.2. The van der Waals surface area contributed by atoms with Crippen LogP contribution in [0.5, 0.6) is 0 Å². The highest BCUT2D eigenvalue weighted by molar-refractivity contribution is 5.89. The fourth-order valence-corrected chi connectivity index (χ4v) is 3.02. The van der Waals surface area contributed by atoms with Gasteiger partial charge in [0.25, 0.3) is 11.6 Å². The third kappa shape index (κ3) is 4.55. The van der Waals surface area contributed by atoms with E-state index in [1.54, 1.807) is 11.0 Å². The standard InChI is InChI=1S/C19H20N2O7/c1-12-9-20(10-13(2)27-12)18(22)11-26-19(23)17-8-7-16(28-17)14-3-5-15(6-4-14)21(24)25/h3-8,12-13H,9-11H2,1-2H3/t12-,13+. The van der Waals surface area contributed by atoms with E-state index in [1.165, 1.54) is 30.3 Å². The summed E-state index contributed by atoms with van der Waals surface area (Å²) in [5, 5.41) is 10.7. The molecule has 1 aliphatic rings. The number of furan rings is 1. The lowest BCUT2D eigenvalue weighted by atomic mass is 10.1. The fourth-order valence-electron chi connectivity index (χ4n) is 3.02. The smallest absolute Gasteiger partial charge is 0.374 e. The molecule has 0 spiro atoms. The van der Waals surface area contributed by atoms with Crippen molar-refractivity contribution in [3.63, 3.8) is 0 Å². The molecule has 2 heterocycles. The number of nitrogens with zero attached hydrogens (tertiary/aromatic N) is 2. The number of amides is 1. The Bertz CT molecular complexity index is 865. The predicted molar refractivity (Wildman–Crippen MR) is 97.7 cm³/mol. The molecule has 0 aliphatic carbocycles. The second-order valence-corrected chi connectivity index (χ2v) is 6.60. The van der Waals surface area contributed by atoms with Crippen LogP contribution in [0.3, 0.4) is 0 Å². The minimum absolute atomic E-state index is 0.0415. The van der Waals surface area contributed by atoms with E-state index in [0.717, 1.165) is 0 Å². The van der Waals surface area contributed by atoms with E-state index in [1.807, 2.05) is 13.8 Å². The van der Waals surface area contributed by atoms with Crippen molar-refractivity contribution in [1.29, 1.82) is 0 Å². The summed E-state index contributed by atoms with van der Waals surface area (Å²) in [6.45, 7) is 4.28. The number of esters is 1. The van der Waals surface area contributed by atoms with E-state index < -0.39 is 10.9 Å². The Hall–Kier alpha value is -3.20. The van der Waals surface area contributed by atoms with Crippen LogP contribution in [0.25, 0.3) is 11.3 Å². The van der Waals surface area contributed by atoms with Crippen LogP contribution < -0.4 is 0 Å². The Morgan fingerprint density at radius 2 is 1.79 bits per heavy atom. The van der Waals surface area contributed by atoms with Crippen LogP contribution in [0.4, 0.5) is 5.69 Å². The van der Waals surface area contributed by atoms with E-state index >= 15 is 0 Å². The average molecular weight is 388 g/mol. The predicted octanol–water partition coefficient (Wildman–Crippen LogP) is 2.65. The Labute approximate surface area is 161 Å². The van der Waals surface area contributed by atoms with Crippen molar-refractivity contribution in [3.05, 3.63) is 52.3 Å². The lowest BCUT2D eigenvalue weighted by molar-refractivity contribution is -0.384. The zero-order valence-corrected chi connectivity index (χ0v) is 15.5. The molecule has 1 aliphatic heterocycles. The maximum absolute atomic E-state index is 12.2. The summed E-state index contributed by atoms with van der Waals surface area (Å²) in [5.41, 5.74) is 0.539. The minimum Gasteiger partial charge on any atom is -0.450 e. The molecule has 0 radical (unpaired) electrons. The maximum Gasteiger partial charge on any atom is 0.374 e. The fraction of sp³-hybridized carbons (Fsp3) is 0.368. The van der Waals surface area contributed by atoms with E-state index in [0.29, 0.717) is 24.4 Å². The average Bonchev–Trinajstić information content (AvgIpc) is 3.15. The van der Waals surface area contributed by atoms with Crippen LogP contribution in [-0.4, -0.2) is 53.6 Å². The van der Waals surface area contributed by atoms with Gasteiger partial charge in [-0.25, -0.2) is 4.79 Å². The highest BCUT2D eigenvalue weighted by atomic mass is 16.6. The van der Waals surface area contributed by atoms with Gasteiger partial charge in [-0.2, -0.15) is 0 Å². The molecule has 1 fully saturated rings. The Kier molecular flexibility index (Phi) is 5.74. The monoisotopic (exact) mass is 388 g/mol. The molecule has 9 heteroatoms. The van der Waals surface area contributed by atoms with Crippen molar-refractivity contribution >= 4 is 17.6 Å². The van der Waals surface area contributed by atoms with Gasteiger partial charge >= 0.3 is 5.97 Å². The number of hydrogen-bond acceptors (Lipinski definition) is 7. The van der Waals surface area contributed by atoms with E-state index in [4.69, 9.17) is 13.9 Å². The largest absolute Gasteiger partial charge is 0.450 e. The van der Waals surface area contributed by atoms with Gasteiger partial charge in [0.15, 0.2) is 6.61 Å². The molecule has 0 unspecified atom stereocenters. The molecule has 1 saturated heterocycles. The van der Waals surface area contributed by atoms with Gasteiger partial charge in [-0.15, -0.1) is 0 Å². The molecule has 28 heavy (non-hydrogen) atoms. The summed E-state index contributed by atoms with van der Waals surface area (Å²) in [6, 6.07) is 8.73. The molecular weight excluding hydrogens is 368 g/mol. The normalized spacial score (nSPS) is 19.3. The lowest BCUT2D eigenvalue weighted by Crippen LogP contribution is -2.49. The Balaban J connectivity index is 1.58. The topological polar surface area (TPSA) is 112 Å². The van der Waals surface area contributed by atoms with Crippen LogP contribution in [0.15, 0.2) is 40.8 Å². The number of hydrogen-bond donors (Lipinski definition) is 0. The molecule has 0 saturated carbocycles. The number of nitro benzene ring substituents is 1. The first-order valence-corrected chi connectivity index (χ1v) is 8.78. The number of non-ortho nitro benzene ring substituents is 1. The SMILES string of the molecule is C[C@@H]1CN(C(=O)COC(=O)c2ccc(-c3ccc([N+](=O)[O-])cc3)o2)C[C@H](C)O1. The molecule has 3 rings (SSSR count). The zero-order chi connectivity index (χ0) is 20.3. The highest BCUT2D eigenvalue weighted by Gasteiger charge is 2.27. The van der Waals surface area contributed by atoms with Crippen molar-refractivity contribution in [3.8, 4) is 11.3 Å². The molecule has 9 nitrogen and oxygen atoms in total. The molecule has 2 aromatic rings. The van der Waals surface area contributed by atoms with Crippen LogP contribution in [0.2, 0.25) is 0 Å². The highest BCUT2D eigenvalue weighted by Crippen LogP contribution is 2.25. The number of ether oxygens (including phenoxy) is 2. The van der Waals surface area contributed by atoms with Crippen molar-refractivity contribution in [1.82, 2.24) is 4.90 Å². The molecule has 0 N–H and O–H groups in total. The molecular formula is C19H20N2O7. The van der Waals surface area contributed by atoms with Gasteiger partial charge in [0.05, 0.1) is 17.1 Å². The quantitative estimate of drug-likeness (QED) is 0.440. The molecule has 1 aromatic carbocycles. The number of carbonyl (C=O) groups is 2. The van der Waals surface area contributed by atoms with Gasteiger partial charge in [-0.1, -0.05) is 0 Å². The summed E-state index contributed by atoms with van der Waals surface area (Å²) >= 11 is 0. The van der Waals surface area contributed by atoms with E-state index in [-0.39, 0.29) is 36.2 Å². The van der Waals surface area contributed by atoms with Crippen molar-refractivity contribution < 1.29 is 28.4 Å². The molecule has 1 aromatic heterocycles. The van der Waals surface area contributed by atoms with Gasteiger partial charge in [0.1, 0.15) is 5.76 Å². The number of rotatable bonds is 5. The second-order valence-electron chi connectivity index (χ2n) is 6.60. The zero-order valence-electron chi connectivity index (χ0n) is 15.5. The number of morpholine rings is 1. The van der Waals surface area contributed by atoms with Crippen LogP contribution in [0.1, 0.15) is 24.4 Å². The Morgan fingerprint density at radius 1 is 1.14 bits per heavy atom. The Morgan fingerprint density at radius 3 is 2.39 bits per heavy atom. The van der Waals surface area contributed by atoms with Gasteiger partial charge in [0.2, 0.25) is 5.76 Å². The van der Waals surface area contributed by atoms with Gasteiger partial charge in [-0.3, -0.25) is 14.9 Å². The first-order chi connectivity index (χ1) is 13.3. The van der Waals surface area contributed by atoms with Crippen molar-refractivity contribution in [2.75, 3.05) is 19.7 Å². The van der Waals surface area contributed by atoms with Gasteiger partial charge < -0.3 is 18.8 Å². The van der Waals surface area contributed by atoms with Crippen LogP contribution in [0, 0.1) is 10.1 Å². The summed E-state index contributed by atoms with van der Waals surface area (Å²) in [5.74, 6) is -0.734. The maximum atomic E-state index is 12.2. The van der Waals surface area contributed by atoms with E-state index in [9.17, 15) is 19.7 Å². The summed E-state index contributed by atoms with van der Waals surface area (Å²) in [6.07, 6.45) is -0.143. The number of benzene rings is 1. The lowest BCUT2D eigenvalue weighted by Gasteiger charge is -2.35. The third-order valence-corrected chi connectivity index (χ3v) is 4.27. The van der Waals surface area contributed by atoms with Crippen LogP contribution >= 0.6 is 0 Å². The molecule has 0 bridgehead atoms. The van der Waals surface area contributed by atoms with Crippen molar-refractivity contribution in [2.45, 2.75) is 26.1 Å². The van der Waals surface area contributed by atoms with Crippen LogP contribution in [-0.2, 0) is 14.3 Å².